The number of unbranched alkanes of at least 4 members (excludes halogenated alkanes) is 1. The smallest absolute Gasteiger partial charge is 0.264 e. The minimum Gasteiger partial charge on any atom is -0.354 e. The van der Waals surface area contributed by atoms with Gasteiger partial charge in [-0.15, -0.1) is 0 Å². The number of benzene rings is 4. The molecule has 0 radical (unpaired) electrons. The van der Waals surface area contributed by atoms with E-state index >= 15 is 0 Å². The Bertz CT molecular complexity index is 1700. The van der Waals surface area contributed by atoms with Crippen molar-refractivity contribution in [2.45, 2.75) is 50.6 Å². The van der Waals surface area contributed by atoms with E-state index in [0.29, 0.717) is 22.8 Å². The Hall–Kier alpha value is -3.66. The van der Waals surface area contributed by atoms with Gasteiger partial charge in [0.25, 0.3) is 10.0 Å². The summed E-state index contributed by atoms with van der Waals surface area (Å²) >= 11 is 9.73. The normalized spacial score (nSPS) is 11.9. The average molecular weight is 711 g/mol. The van der Waals surface area contributed by atoms with Crippen molar-refractivity contribution in [2.75, 3.05) is 17.4 Å². The molecule has 0 heterocycles. The maximum atomic E-state index is 14.5. The molecule has 7 nitrogen and oxygen atoms in total. The zero-order chi connectivity index (χ0) is 32.4. The molecule has 4 aromatic rings. The van der Waals surface area contributed by atoms with Crippen LogP contribution in [0.15, 0.2) is 112 Å². The van der Waals surface area contributed by atoms with E-state index in [4.69, 9.17) is 11.6 Å². The molecule has 0 spiro atoms. The standard InChI is InChI=1S/C35H37BrClN3O4S/c1-3-4-20-38-35(42)33(23-27-12-7-5-8-13-27)39(24-28-14-11-15-29(36)22-28)34(41)25-40(32-19-18-30(37)21-26(32)2)45(43,44)31-16-9-6-10-17-31/h5-19,21-22,33H,3-4,20,23-25H2,1-2H3,(H,38,42)/t33-/m1/s1. The van der Waals surface area contributed by atoms with Crippen molar-refractivity contribution in [1.29, 1.82) is 0 Å². The van der Waals surface area contributed by atoms with Crippen LogP contribution in [0.3, 0.4) is 0 Å². The Balaban J connectivity index is 1.81. The van der Waals surface area contributed by atoms with E-state index in [0.717, 1.165) is 32.7 Å². The second kappa shape index (κ2) is 16.1. The molecule has 0 aromatic heterocycles. The van der Waals surface area contributed by atoms with Crippen molar-refractivity contribution in [2.24, 2.45) is 0 Å². The van der Waals surface area contributed by atoms with Crippen LogP contribution in [0, 0.1) is 6.92 Å². The van der Waals surface area contributed by atoms with Crippen LogP contribution >= 0.6 is 27.5 Å². The van der Waals surface area contributed by atoms with Crippen molar-refractivity contribution in [1.82, 2.24) is 10.2 Å². The van der Waals surface area contributed by atoms with Gasteiger partial charge in [0, 0.05) is 29.0 Å². The summed E-state index contributed by atoms with van der Waals surface area (Å²) < 4.78 is 30.2. The number of halogens is 2. The number of aryl methyl sites for hydroxylation is 1. The summed E-state index contributed by atoms with van der Waals surface area (Å²) in [5, 5.41) is 3.45. The molecular weight excluding hydrogens is 674 g/mol. The number of carbonyl (C=O) groups is 2. The summed E-state index contributed by atoms with van der Waals surface area (Å²) in [5.74, 6) is -0.814. The summed E-state index contributed by atoms with van der Waals surface area (Å²) in [7, 11) is -4.19. The van der Waals surface area contributed by atoms with E-state index < -0.39 is 28.5 Å². The highest BCUT2D eigenvalue weighted by atomic mass is 79.9. The molecule has 45 heavy (non-hydrogen) atoms. The topological polar surface area (TPSA) is 86.8 Å². The lowest BCUT2D eigenvalue weighted by atomic mass is 10.0. The maximum Gasteiger partial charge on any atom is 0.264 e. The van der Waals surface area contributed by atoms with Crippen LogP contribution in [0.1, 0.15) is 36.5 Å². The lowest BCUT2D eigenvalue weighted by molar-refractivity contribution is -0.140. The van der Waals surface area contributed by atoms with Gasteiger partial charge < -0.3 is 10.2 Å². The molecule has 1 atom stereocenters. The molecule has 4 aromatic carbocycles. The van der Waals surface area contributed by atoms with Crippen molar-refractivity contribution in [3.05, 3.63) is 129 Å². The summed E-state index contributed by atoms with van der Waals surface area (Å²) in [6.07, 6.45) is 1.95. The third-order valence-corrected chi connectivity index (χ3v) is 9.88. The number of carbonyl (C=O) groups excluding carboxylic acids is 2. The van der Waals surface area contributed by atoms with E-state index in [1.807, 2.05) is 61.5 Å². The van der Waals surface area contributed by atoms with Gasteiger partial charge in [0.1, 0.15) is 12.6 Å². The highest BCUT2D eigenvalue weighted by Crippen LogP contribution is 2.29. The van der Waals surface area contributed by atoms with Gasteiger partial charge in [0.15, 0.2) is 0 Å². The van der Waals surface area contributed by atoms with E-state index in [1.165, 1.54) is 17.0 Å². The fraction of sp³-hybridized carbons (Fsp3) is 0.257. The number of sulfonamides is 1. The van der Waals surface area contributed by atoms with Crippen LogP contribution in [0.5, 0.6) is 0 Å². The Morgan fingerprint density at radius 3 is 2.20 bits per heavy atom. The van der Waals surface area contributed by atoms with Gasteiger partial charge in [0.2, 0.25) is 11.8 Å². The molecule has 4 rings (SSSR count). The molecule has 10 heteroatoms. The molecule has 0 unspecified atom stereocenters. The van der Waals surface area contributed by atoms with Gasteiger partial charge in [-0.3, -0.25) is 13.9 Å². The highest BCUT2D eigenvalue weighted by Gasteiger charge is 2.35. The molecular formula is C35H37BrClN3O4S. The van der Waals surface area contributed by atoms with Crippen molar-refractivity contribution < 1.29 is 18.0 Å². The van der Waals surface area contributed by atoms with Gasteiger partial charge >= 0.3 is 0 Å². The highest BCUT2D eigenvalue weighted by molar-refractivity contribution is 9.10. The molecule has 236 valence electrons. The van der Waals surface area contributed by atoms with Crippen LogP contribution in [0.2, 0.25) is 5.02 Å². The lowest BCUT2D eigenvalue weighted by Crippen LogP contribution is -2.53. The number of hydrogen-bond donors (Lipinski definition) is 1. The minimum atomic E-state index is -4.19. The molecule has 0 aliphatic heterocycles. The van der Waals surface area contributed by atoms with Gasteiger partial charge in [-0.2, -0.15) is 0 Å². The van der Waals surface area contributed by atoms with Gasteiger partial charge in [0.05, 0.1) is 10.6 Å². The van der Waals surface area contributed by atoms with E-state index in [2.05, 4.69) is 21.2 Å². The number of nitrogens with zero attached hydrogens (tertiary/aromatic N) is 2. The maximum absolute atomic E-state index is 14.5. The Morgan fingerprint density at radius 2 is 1.56 bits per heavy atom. The zero-order valence-corrected chi connectivity index (χ0v) is 28.5. The van der Waals surface area contributed by atoms with E-state index in [-0.39, 0.29) is 23.8 Å². The zero-order valence-electron chi connectivity index (χ0n) is 25.3. The first-order chi connectivity index (χ1) is 21.6. The average Bonchev–Trinajstić information content (AvgIpc) is 3.03. The number of rotatable bonds is 14. The molecule has 1 N–H and O–H groups in total. The number of anilines is 1. The minimum absolute atomic E-state index is 0.0452. The largest absolute Gasteiger partial charge is 0.354 e. The fourth-order valence-corrected chi connectivity index (χ4v) is 7.20. The number of amides is 2. The first-order valence-corrected chi connectivity index (χ1v) is 17.4. The Morgan fingerprint density at radius 1 is 0.889 bits per heavy atom. The Labute approximate surface area is 279 Å². The van der Waals surface area contributed by atoms with E-state index in [1.54, 1.807) is 43.3 Å². The van der Waals surface area contributed by atoms with Crippen molar-refractivity contribution in [3.8, 4) is 0 Å². The first-order valence-electron chi connectivity index (χ1n) is 14.8. The summed E-state index contributed by atoms with van der Waals surface area (Å²) in [6.45, 7) is 3.82. The second-order valence-corrected chi connectivity index (χ2v) is 14.0. The van der Waals surface area contributed by atoms with Gasteiger partial charge in [-0.25, -0.2) is 8.42 Å². The molecule has 0 bridgehead atoms. The van der Waals surface area contributed by atoms with E-state index in [9.17, 15) is 18.0 Å². The summed E-state index contributed by atoms with van der Waals surface area (Å²) in [4.78, 5) is 29.9. The molecule has 0 aliphatic carbocycles. The molecule has 0 fully saturated rings. The Kier molecular flexibility index (Phi) is 12.2. The molecule has 0 saturated carbocycles. The predicted octanol–water partition coefficient (Wildman–Crippen LogP) is 7.16. The molecule has 0 aliphatic rings. The third kappa shape index (κ3) is 9.19. The lowest BCUT2D eigenvalue weighted by Gasteiger charge is -2.34. The quantitative estimate of drug-likeness (QED) is 0.141. The summed E-state index contributed by atoms with van der Waals surface area (Å²) in [6, 6.07) is 29.0. The molecule has 2 amide bonds. The van der Waals surface area contributed by atoms with Crippen molar-refractivity contribution in [3.63, 3.8) is 0 Å². The SMILES string of the molecule is CCCCNC(=O)[C@@H](Cc1ccccc1)N(Cc1cccc(Br)c1)C(=O)CN(c1ccc(Cl)cc1C)S(=O)(=O)c1ccccc1. The van der Waals surface area contributed by atoms with Crippen LogP contribution < -0.4 is 9.62 Å². The van der Waals surface area contributed by atoms with Gasteiger partial charge in [-0.05, 0) is 72.5 Å². The number of nitrogens with one attached hydrogen (secondary N) is 1. The molecule has 0 saturated heterocycles. The van der Waals surface area contributed by atoms with Crippen LogP contribution in [0.4, 0.5) is 5.69 Å². The van der Waals surface area contributed by atoms with Crippen LogP contribution in [0.25, 0.3) is 0 Å². The van der Waals surface area contributed by atoms with Crippen LogP contribution in [-0.4, -0.2) is 44.3 Å². The second-order valence-electron chi connectivity index (χ2n) is 10.8. The van der Waals surface area contributed by atoms with Crippen LogP contribution in [-0.2, 0) is 32.6 Å². The predicted molar refractivity (Wildman–Crippen MR) is 184 cm³/mol. The monoisotopic (exact) mass is 709 g/mol. The first kappa shape index (κ1) is 34.2. The van der Waals surface area contributed by atoms with Gasteiger partial charge in [-0.1, -0.05) is 102 Å². The number of hydrogen-bond acceptors (Lipinski definition) is 4. The van der Waals surface area contributed by atoms with Crippen molar-refractivity contribution >= 4 is 55.1 Å². The third-order valence-electron chi connectivity index (χ3n) is 7.38. The summed E-state index contributed by atoms with van der Waals surface area (Å²) in [5.41, 5.74) is 2.58. The fourth-order valence-electron chi connectivity index (χ4n) is 5.02.